The van der Waals surface area contributed by atoms with Gasteiger partial charge in [0.2, 0.25) is 0 Å². The Hall–Kier alpha value is -2.71. The first-order valence-electron chi connectivity index (χ1n) is 8.85. The average Bonchev–Trinajstić information content (AvgIpc) is 3.46. The van der Waals surface area contributed by atoms with Crippen LogP contribution in [-0.4, -0.2) is 29.7 Å². The number of hydrogen-bond acceptors (Lipinski definition) is 6. The third kappa shape index (κ3) is 3.29. The molecule has 1 saturated carbocycles. The van der Waals surface area contributed by atoms with Crippen LogP contribution in [-0.2, 0) is 5.75 Å². The van der Waals surface area contributed by atoms with E-state index in [2.05, 4.69) is 29.7 Å². The molecule has 0 saturated heterocycles. The summed E-state index contributed by atoms with van der Waals surface area (Å²) >= 11 is 7.48. The molecule has 0 spiro atoms. The molecule has 0 unspecified atom stereocenters. The van der Waals surface area contributed by atoms with Crippen molar-refractivity contribution in [1.29, 1.82) is 0 Å². The lowest BCUT2D eigenvalue weighted by atomic mass is 10.2. The van der Waals surface area contributed by atoms with E-state index in [0.717, 1.165) is 29.4 Å². The summed E-state index contributed by atoms with van der Waals surface area (Å²) in [7, 11) is 0. The first-order valence-corrected chi connectivity index (χ1v) is 10.2. The van der Waals surface area contributed by atoms with Crippen LogP contribution in [0.3, 0.4) is 0 Å². The van der Waals surface area contributed by atoms with Crippen LogP contribution in [0.2, 0.25) is 5.02 Å². The molecular weight excluding hydrogens is 396 g/mol. The lowest BCUT2D eigenvalue weighted by molar-refractivity contribution is 0.669. The Morgan fingerprint density at radius 2 is 2.14 bits per heavy atom. The summed E-state index contributed by atoms with van der Waals surface area (Å²) in [5, 5.41) is 10.6. The highest BCUT2D eigenvalue weighted by molar-refractivity contribution is 7.98. The Bertz CT molecular complexity index is 1220. The second kappa shape index (κ2) is 7.03. The highest BCUT2D eigenvalue weighted by Gasteiger charge is 2.30. The smallest absolute Gasteiger partial charge is 0.258 e. The number of rotatable bonds is 5. The van der Waals surface area contributed by atoms with E-state index in [9.17, 15) is 4.79 Å². The number of aromatic nitrogens is 6. The molecule has 3 heterocycles. The van der Waals surface area contributed by atoms with Crippen LogP contribution < -0.4 is 5.56 Å². The van der Waals surface area contributed by atoms with Gasteiger partial charge in [-0.15, -0.1) is 10.2 Å². The largest absolute Gasteiger partial charge is 0.309 e. The second-order valence-electron chi connectivity index (χ2n) is 6.61. The molecule has 28 heavy (non-hydrogen) atoms. The Morgan fingerprint density at radius 1 is 1.25 bits per heavy atom. The number of halogens is 1. The summed E-state index contributed by atoms with van der Waals surface area (Å²) in [6.45, 7) is 0. The van der Waals surface area contributed by atoms with E-state index in [4.69, 9.17) is 11.6 Å². The van der Waals surface area contributed by atoms with Crippen LogP contribution in [0, 0.1) is 0 Å². The standard InChI is InChI=1S/C19H15ClN6OS/c20-12-3-6-15-14(8-12)18(27)23-16(22-15)10-28-19-25-24-17(26(19)13-4-5-13)11-2-1-7-21-9-11/h1-3,6-9,13H,4-5,10H2,(H,22,23,27). The van der Waals surface area contributed by atoms with Gasteiger partial charge in [0.15, 0.2) is 11.0 Å². The van der Waals surface area contributed by atoms with E-state index in [-0.39, 0.29) is 5.56 Å². The van der Waals surface area contributed by atoms with E-state index >= 15 is 0 Å². The minimum absolute atomic E-state index is 0.192. The molecule has 1 fully saturated rings. The fraction of sp³-hybridized carbons (Fsp3) is 0.211. The topological polar surface area (TPSA) is 89.4 Å². The number of H-pyrrole nitrogens is 1. The molecular formula is C19H15ClN6OS. The molecule has 0 bridgehead atoms. The molecule has 5 rings (SSSR count). The number of hydrogen-bond donors (Lipinski definition) is 1. The quantitative estimate of drug-likeness (QED) is 0.502. The monoisotopic (exact) mass is 410 g/mol. The molecule has 1 aliphatic carbocycles. The highest BCUT2D eigenvalue weighted by atomic mass is 35.5. The Kier molecular flexibility index (Phi) is 4.37. The summed E-state index contributed by atoms with van der Waals surface area (Å²) in [6.07, 6.45) is 5.77. The zero-order valence-corrected chi connectivity index (χ0v) is 16.2. The normalized spacial score (nSPS) is 13.9. The van der Waals surface area contributed by atoms with Crippen molar-refractivity contribution in [2.75, 3.05) is 0 Å². The summed E-state index contributed by atoms with van der Waals surface area (Å²) in [4.78, 5) is 23.9. The van der Waals surface area contributed by atoms with Crippen molar-refractivity contribution in [3.8, 4) is 11.4 Å². The van der Waals surface area contributed by atoms with Crippen molar-refractivity contribution in [3.63, 3.8) is 0 Å². The van der Waals surface area contributed by atoms with Crippen LogP contribution in [0.1, 0.15) is 24.7 Å². The van der Waals surface area contributed by atoms with E-state index in [0.29, 0.717) is 33.5 Å². The molecule has 3 aromatic heterocycles. The van der Waals surface area contributed by atoms with Gasteiger partial charge in [-0.1, -0.05) is 23.4 Å². The minimum Gasteiger partial charge on any atom is -0.309 e. The van der Waals surface area contributed by atoms with Gasteiger partial charge in [0.05, 0.1) is 16.7 Å². The Balaban J connectivity index is 1.45. The summed E-state index contributed by atoms with van der Waals surface area (Å²) in [5.74, 6) is 1.91. The maximum absolute atomic E-state index is 12.3. The number of nitrogens with zero attached hydrogens (tertiary/aromatic N) is 5. The molecule has 4 aromatic rings. The van der Waals surface area contributed by atoms with Crippen LogP contribution >= 0.6 is 23.4 Å². The van der Waals surface area contributed by atoms with Gasteiger partial charge < -0.3 is 4.98 Å². The SMILES string of the molecule is O=c1[nH]c(CSc2nnc(-c3cccnc3)n2C2CC2)nc2ccc(Cl)cc12. The number of fused-ring (bicyclic) bond motifs is 1. The van der Waals surface area contributed by atoms with Gasteiger partial charge in [0.1, 0.15) is 5.82 Å². The molecule has 0 atom stereocenters. The van der Waals surface area contributed by atoms with E-state index in [1.54, 1.807) is 30.6 Å². The van der Waals surface area contributed by atoms with Crippen LogP contribution in [0.15, 0.2) is 52.7 Å². The van der Waals surface area contributed by atoms with E-state index < -0.39 is 0 Å². The first-order chi connectivity index (χ1) is 13.7. The third-order valence-electron chi connectivity index (χ3n) is 4.55. The summed E-state index contributed by atoms with van der Waals surface area (Å²) in [6, 6.07) is 9.41. The molecule has 140 valence electrons. The molecule has 9 heteroatoms. The van der Waals surface area contributed by atoms with Gasteiger partial charge in [0, 0.05) is 29.0 Å². The van der Waals surface area contributed by atoms with Crippen molar-refractivity contribution in [2.45, 2.75) is 29.8 Å². The zero-order chi connectivity index (χ0) is 19.1. The molecule has 0 radical (unpaired) electrons. The van der Waals surface area contributed by atoms with Crippen molar-refractivity contribution >= 4 is 34.3 Å². The van der Waals surface area contributed by atoms with Crippen LogP contribution in [0.4, 0.5) is 0 Å². The zero-order valence-electron chi connectivity index (χ0n) is 14.7. The van der Waals surface area contributed by atoms with Crippen molar-refractivity contribution in [2.24, 2.45) is 0 Å². The molecule has 0 amide bonds. The van der Waals surface area contributed by atoms with Gasteiger partial charge in [0.25, 0.3) is 5.56 Å². The average molecular weight is 411 g/mol. The van der Waals surface area contributed by atoms with Crippen molar-refractivity contribution < 1.29 is 0 Å². The molecule has 0 aliphatic heterocycles. The lowest BCUT2D eigenvalue weighted by Crippen LogP contribution is -2.11. The van der Waals surface area contributed by atoms with Crippen molar-refractivity contribution in [1.82, 2.24) is 29.7 Å². The van der Waals surface area contributed by atoms with Gasteiger partial charge in [-0.25, -0.2) is 4.98 Å². The molecule has 1 aromatic carbocycles. The van der Waals surface area contributed by atoms with Crippen molar-refractivity contribution in [3.05, 3.63) is 63.9 Å². The number of thioether (sulfide) groups is 1. The number of aromatic amines is 1. The Labute approximate surface area is 169 Å². The first kappa shape index (κ1) is 17.4. The predicted octanol–water partition coefficient (Wildman–Crippen LogP) is 3.86. The van der Waals surface area contributed by atoms with Gasteiger partial charge >= 0.3 is 0 Å². The summed E-state index contributed by atoms with van der Waals surface area (Å²) < 4.78 is 2.17. The predicted molar refractivity (Wildman–Crippen MR) is 108 cm³/mol. The van der Waals surface area contributed by atoms with Crippen LogP contribution in [0.25, 0.3) is 22.3 Å². The molecule has 7 nitrogen and oxygen atoms in total. The second-order valence-corrected chi connectivity index (χ2v) is 7.99. The maximum atomic E-state index is 12.3. The van der Waals surface area contributed by atoms with Gasteiger partial charge in [-0.2, -0.15) is 0 Å². The van der Waals surface area contributed by atoms with E-state index in [1.165, 1.54) is 11.8 Å². The summed E-state index contributed by atoms with van der Waals surface area (Å²) in [5.41, 5.74) is 1.38. The molecule has 1 aliphatic rings. The van der Waals surface area contributed by atoms with E-state index in [1.807, 2.05) is 12.1 Å². The molecule has 1 N–H and O–H groups in total. The van der Waals surface area contributed by atoms with Gasteiger partial charge in [-0.05, 0) is 43.2 Å². The number of pyridine rings is 1. The number of benzene rings is 1. The minimum atomic E-state index is -0.192. The lowest BCUT2D eigenvalue weighted by Gasteiger charge is -2.08. The van der Waals surface area contributed by atoms with Crippen LogP contribution in [0.5, 0.6) is 0 Å². The highest BCUT2D eigenvalue weighted by Crippen LogP contribution is 2.41. The fourth-order valence-corrected chi connectivity index (χ4v) is 4.14. The van der Waals surface area contributed by atoms with Gasteiger partial charge in [-0.3, -0.25) is 14.3 Å². The maximum Gasteiger partial charge on any atom is 0.258 e. The fourth-order valence-electron chi connectivity index (χ4n) is 3.09. The third-order valence-corrected chi connectivity index (χ3v) is 5.74. The number of nitrogens with one attached hydrogen (secondary N) is 1. The Morgan fingerprint density at radius 3 is 2.93 bits per heavy atom.